The van der Waals surface area contributed by atoms with Crippen molar-refractivity contribution >= 4 is 5.96 Å². The minimum Gasteiger partial charge on any atom is -0.354 e. The lowest BCUT2D eigenvalue weighted by Gasteiger charge is -2.37. The van der Waals surface area contributed by atoms with E-state index in [0.29, 0.717) is 0 Å². The van der Waals surface area contributed by atoms with Crippen molar-refractivity contribution < 1.29 is 0 Å². The normalized spacial score (nSPS) is 24.6. The Bertz CT molecular complexity index is 388. The molecule has 1 aliphatic heterocycles. The summed E-state index contributed by atoms with van der Waals surface area (Å²) in [5.74, 6) is 2.51. The zero-order valence-electron chi connectivity index (χ0n) is 12.2. The van der Waals surface area contributed by atoms with Crippen LogP contribution in [0.3, 0.4) is 0 Å². The predicted molar refractivity (Wildman–Crippen MR) is 78.1 cm³/mol. The smallest absolute Gasteiger partial charge is 0.193 e. The fourth-order valence-electron chi connectivity index (χ4n) is 2.88. The van der Waals surface area contributed by atoms with Gasteiger partial charge >= 0.3 is 0 Å². The van der Waals surface area contributed by atoms with Gasteiger partial charge in [-0.25, -0.2) is 0 Å². The molecule has 0 bridgehead atoms. The van der Waals surface area contributed by atoms with Crippen LogP contribution in [0.25, 0.3) is 0 Å². The summed E-state index contributed by atoms with van der Waals surface area (Å²) in [5.41, 5.74) is 0. The maximum atomic E-state index is 4.40. The second-order valence-corrected chi connectivity index (χ2v) is 5.59. The van der Waals surface area contributed by atoms with E-state index in [1.54, 1.807) is 0 Å². The maximum absolute atomic E-state index is 4.40. The van der Waals surface area contributed by atoms with Gasteiger partial charge in [0.1, 0.15) is 0 Å². The molecule has 0 radical (unpaired) electrons. The third kappa shape index (κ3) is 3.98. The molecule has 2 unspecified atom stereocenters. The first-order valence-electron chi connectivity index (χ1n) is 7.12. The molecule has 106 valence electrons. The molecule has 0 aliphatic carbocycles. The Morgan fingerprint density at radius 2 is 2.11 bits per heavy atom. The Morgan fingerprint density at radius 1 is 1.37 bits per heavy atom. The van der Waals surface area contributed by atoms with Crippen molar-refractivity contribution in [2.45, 2.75) is 26.8 Å². The van der Waals surface area contributed by atoms with Crippen molar-refractivity contribution in [3.8, 4) is 0 Å². The summed E-state index contributed by atoms with van der Waals surface area (Å²) in [6.07, 6.45) is 5.11. The zero-order valence-corrected chi connectivity index (χ0v) is 12.2. The van der Waals surface area contributed by atoms with E-state index in [9.17, 15) is 0 Å². The largest absolute Gasteiger partial charge is 0.354 e. The molecule has 2 rings (SSSR count). The van der Waals surface area contributed by atoms with Crippen LogP contribution in [0.2, 0.25) is 0 Å². The fourth-order valence-corrected chi connectivity index (χ4v) is 2.88. The highest BCUT2D eigenvalue weighted by Gasteiger charge is 2.23. The summed E-state index contributed by atoms with van der Waals surface area (Å²) in [5, 5.41) is 7.63. The van der Waals surface area contributed by atoms with Crippen molar-refractivity contribution in [2.75, 3.05) is 26.7 Å². The molecule has 1 aromatic rings. The standard InChI is InChI=1S/C14H25N5/c1-12-9-13(2)11-18(10-12)14(15-3)16-6-8-19-7-4-5-17-19/h4-5,7,12-13H,6,8-11H2,1-3H3,(H,15,16). The molecule has 0 amide bonds. The van der Waals surface area contributed by atoms with E-state index in [1.165, 1.54) is 6.42 Å². The average molecular weight is 263 g/mol. The van der Waals surface area contributed by atoms with E-state index in [-0.39, 0.29) is 0 Å². The minimum absolute atomic E-state index is 0.744. The minimum atomic E-state index is 0.744. The van der Waals surface area contributed by atoms with Crippen LogP contribution in [0.4, 0.5) is 0 Å². The van der Waals surface area contributed by atoms with Crippen LogP contribution in [0.15, 0.2) is 23.5 Å². The SMILES string of the molecule is CN=C(NCCn1cccn1)N1CC(C)CC(C)C1. The fraction of sp³-hybridized carbons (Fsp3) is 0.714. The third-order valence-electron chi connectivity index (χ3n) is 3.56. The van der Waals surface area contributed by atoms with Crippen LogP contribution in [0, 0.1) is 11.8 Å². The van der Waals surface area contributed by atoms with E-state index in [0.717, 1.165) is 44.0 Å². The summed E-state index contributed by atoms with van der Waals surface area (Å²) in [6.45, 7) is 8.56. The van der Waals surface area contributed by atoms with Crippen LogP contribution < -0.4 is 5.32 Å². The number of aromatic nitrogens is 2. The van der Waals surface area contributed by atoms with Crippen LogP contribution in [-0.4, -0.2) is 47.3 Å². The molecule has 19 heavy (non-hydrogen) atoms. The molecule has 2 heterocycles. The first-order chi connectivity index (χ1) is 9.19. The number of nitrogens with one attached hydrogen (secondary N) is 1. The predicted octanol–water partition coefficient (Wildman–Crippen LogP) is 1.44. The molecule has 1 aliphatic rings. The molecule has 5 nitrogen and oxygen atoms in total. The number of hydrogen-bond acceptors (Lipinski definition) is 2. The number of guanidine groups is 1. The van der Waals surface area contributed by atoms with Gasteiger partial charge in [0.25, 0.3) is 0 Å². The monoisotopic (exact) mass is 263 g/mol. The molecule has 2 atom stereocenters. The molecule has 0 aromatic carbocycles. The summed E-state index contributed by atoms with van der Waals surface area (Å²) in [4.78, 5) is 6.78. The Kier molecular flexibility index (Phi) is 4.82. The van der Waals surface area contributed by atoms with Gasteiger partial charge in [-0.15, -0.1) is 0 Å². The summed E-state index contributed by atoms with van der Waals surface area (Å²) in [7, 11) is 1.86. The number of likely N-dealkylation sites (tertiary alicyclic amines) is 1. The molecular formula is C14H25N5. The lowest BCUT2D eigenvalue weighted by Crippen LogP contribution is -2.49. The van der Waals surface area contributed by atoms with Gasteiger partial charge in [0.05, 0.1) is 6.54 Å². The van der Waals surface area contributed by atoms with Crippen molar-refractivity contribution in [1.29, 1.82) is 0 Å². The van der Waals surface area contributed by atoms with Gasteiger partial charge in [0, 0.05) is 39.1 Å². The first-order valence-corrected chi connectivity index (χ1v) is 7.12. The van der Waals surface area contributed by atoms with E-state index in [1.807, 2.05) is 30.2 Å². The van der Waals surface area contributed by atoms with E-state index >= 15 is 0 Å². The lowest BCUT2D eigenvalue weighted by atomic mass is 9.92. The van der Waals surface area contributed by atoms with Crippen molar-refractivity contribution in [3.05, 3.63) is 18.5 Å². The highest BCUT2D eigenvalue weighted by Crippen LogP contribution is 2.20. The van der Waals surface area contributed by atoms with E-state index in [4.69, 9.17) is 0 Å². The van der Waals surface area contributed by atoms with E-state index < -0.39 is 0 Å². The second kappa shape index (κ2) is 6.59. The molecule has 1 saturated heterocycles. The van der Waals surface area contributed by atoms with Crippen LogP contribution in [0.5, 0.6) is 0 Å². The number of piperidine rings is 1. The Balaban J connectivity index is 1.82. The molecule has 0 spiro atoms. The number of aliphatic imine (C=N–C) groups is 1. The summed E-state index contributed by atoms with van der Waals surface area (Å²) in [6, 6.07) is 1.95. The third-order valence-corrected chi connectivity index (χ3v) is 3.56. The molecular weight excluding hydrogens is 238 g/mol. The lowest BCUT2D eigenvalue weighted by molar-refractivity contribution is 0.208. The Morgan fingerprint density at radius 3 is 2.68 bits per heavy atom. The molecule has 5 heteroatoms. The average Bonchev–Trinajstić information content (AvgIpc) is 2.86. The zero-order chi connectivity index (χ0) is 13.7. The van der Waals surface area contributed by atoms with Gasteiger partial charge in [-0.3, -0.25) is 9.67 Å². The van der Waals surface area contributed by atoms with Crippen molar-refractivity contribution in [3.63, 3.8) is 0 Å². The number of rotatable bonds is 3. The molecule has 1 N–H and O–H groups in total. The summed E-state index contributed by atoms with van der Waals surface area (Å²) >= 11 is 0. The van der Waals surface area contributed by atoms with Crippen LogP contribution in [0.1, 0.15) is 20.3 Å². The Hall–Kier alpha value is -1.52. The summed E-state index contributed by atoms with van der Waals surface area (Å²) < 4.78 is 1.93. The molecule has 1 fully saturated rings. The van der Waals surface area contributed by atoms with Gasteiger partial charge in [0.15, 0.2) is 5.96 Å². The van der Waals surface area contributed by atoms with Crippen LogP contribution in [-0.2, 0) is 6.54 Å². The van der Waals surface area contributed by atoms with Crippen LogP contribution >= 0.6 is 0 Å². The first kappa shape index (κ1) is 13.9. The molecule has 0 saturated carbocycles. The topological polar surface area (TPSA) is 45.5 Å². The van der Waals surface area contributed by atoms with Gasteiger partial charge in [0.2, 0.25) is 0 Å². The number of hydrogen-bond donors (Lipinski definition) is 1. The Labute approximate surface area is 115 Å². The molecule has 1 aromatic heterocycles. The quantitative estimate of drug-likeness (QED) is 0.663. The number of nitrogens with zero attached hydrogens (tertiary/aromatic N) is 4. The highest BCUT2D eigenvalue weighted by atomic mass is 15.3. The van der Waals surface area contributed by atoms with Crippen molar-refractivity contribution in [2.24, 2.45) is 16.8 Å². The highest BCUT2D eigenvalue weighted by molar-refractivity contribution is 5.79. The maximum Gasteiger partial charge on any atom is 0.193 e. The second-order valence-electron chi connectivity index (χ2n) is 5.59. The van der Waals surface area contributed by atoms with Crippen molar-refractivity contribution in [1.82, 2.24) is 20.0 Å². The van der Waals surface area contributed by atoms with Gasteiger partial charge in [-0.05, 0) is 24.3 Å². The van der Waals surface area contributed by atoms with Gasteiger partial charge in [-0.2, -0.15) is 5.10 Å². The van der Waals surface area contributed by atoms with E-state index in [2.05, 4.69) is 34.2 Å². The van der Waals surface area contributed by atoms with Gasteiger partial charge in [-0.1, -0.05) is 13.8 Å². The van der Waals surface area contributed by atoms with Gasteiger partial charge < -0.3 is 10.2 Å².